The molecule has 0 saturated carbocycles. The zero-order chi connectivity index (χ0) is 23.2. The van der Waals surface area contributed by atoms with Gasteiger partial charge in [-0.25, -0.2) is 19.3 Å². The number of halogens is 2. The molecule has 4 N–H and O–H groups in total. The monoisotopic (exact) mass is 435 g/mol. The van der Waals surface area contributed by atoms with Gasteiger partial charge in [-0.1, -0.05) is 32.6 Å². The van der Waals surface area contributed by atoms with Crippen LogP contribution in [0.3, 0.4) is 0 Å². The number of carbonyl (C=O) groups is 2. The van der Waals surface area contributed by atoms with E-state index in [1.807, 2.05) is 0 Å². The number of hydrogen-bond donors (Lipinski definition) is 4. The molecule has 2 aliphatic rings. The fourth-order valence-electron chi connectivity index (χ4n) is 2.87. The number of alkyl halides is 2. The van der Waals surface area contributed by atoms with Crippen LogP contribution in [0.25, 0.3) is 0 Å². The molecule has 0 aromatic rings. The van der Waals surface area contributed by atoms with Crippen LogP contribution in [0.4, 0.5) is 8.78 Å². The highest BCUT2D eigenvalue weighted by Crippen LogP contribution is 2.31. The van der Waals surface area contributed by atoms with Crippen LogP contribution in [-0.2, 0) is 9.59 Å². The minimum atomic E-state index is -2.64. The van der Waals surface area contributed by atoms with E-state index in [1.165, 1.54) is 29.3 Å². The Hall–Kier alpha value is -3.34. The van der Waals surface area contributed by atoms with Crippen molar-refractivity contribution in [2.45, 2.75) is 26.7 Å². The predicted molar refractivity (Wildman–Crippen MR) is 114 cm³/mol. The molecule has 0 unspecified atom stereocenters. The first-order valence-corrected chi connectivity index (χ1v) is 9.59. The molecule has 11 heteroatoms. The Labute approximate surface area is 179 Å². The molecule has 0 spiro atoms. The topological polar surface area (TPSA) is 113 Å². The van der Waals surface area contributed by atoms with Crippen LogP contribution in [0.1, 0.15) is 20.3 Å². The van der Waals surface area contributed by atoms with Crippen molar-refractivity contribution < 1.29 is 18.4 Å². The molecule has 1 fully saturated rings. The normalized spacial score (nSPS) is 19.3. The van der Waals surface area contributed by atoms with E-state index in [0.717, 1.165) is 11.3 Å². The molecule has 0 atom stereocenters. The summed E-state index contributed by atoms with van der Waals surface area (Å²) in [4.78, 5) is 26.7. The number of carbonyl (C=O) groups excluding carboxylic acids is 2. The van der Waals surface area contributed by atoms with Gasteiger partial charge in [0, 0.05) is 43.5 Å². The quantitative estimate of drug-likeness (QED) is 0.262. The van der Waals surface area contributed by atoms with Crippen molar-refractivity contribution in [2.75, 3.05) is 20.1 Å². The Kier molecular flexibility index (Phi) is 7.81. The molecule has 0 bridgehead atoms. The largest absolute Gasteiger partial charge is 0.392 e. The van der Waals surface area contributed by atoms with Crippen molar-refractivity contribution >= 4 is 23.4 Å². The number of nitrogens with one attached hydrogen (secondary N) is 4. The van der Waals surface area contributed by atoms with Crippen LogP contribution in [0, 0.1) is 10.8 Å². The van der Waals surface area contributed by atoms with Crippen LogP contribution in [0.15, 0.2) is 53.6 Å². The Balaban J connectivity index is 2.23. The van der Waals surface area contributed by atoms with Gasteiger partial charge in [0.2, 0.25) is 5.91 Å². The summed E-state index contributed by atoms with van der Waals surface area (Å²) in [6, 6.07) is 0. The van der Waals surface area contributed by atoms with Gasteiger partial charge in [0.25, 0.3) is 12.3 Å². The Morgan fingerprint density at radius 3 is 2.68 bits per heavy atom. The summed E-state index contributed by atoms with van der Waals surface area (Å²) in [5.74, 6) is -1.07. The van der Waals surface area contributed by atoms with E-state index in [4.69, 9.17) is 5.41 Å². The fraction of sp³-hybridized carbons (Fsp3) is 0.400. The van der Waals surface area contributed by atoms with Gasteiger partial charge in [0.15, 0.2) is 11.5 Å². The first-order chi connectivity index (χ1) is 14.6. The standard InChI is InChI=1S/C20H27F2N7O2/c1-5-6-7-14(27-29-12-13(10-25-29)16(21)22)18(30)26-15(11-24-4)17(23)28-9-8-20(2,3)19(28)31/h5-7,11-12,16,23-25H,1,8-10H2,2-4H3,(H,26,30)/b7-6-,15-11+,23-17?,27-14+. The van der Waals surface area contributed by atoms with E-state index in [1.54, 1.807) is 20.9 Å². The lowest BCUT2D eigenvalue weighted by atomic mass is 9.92. The van der Waals surface area contributed by atoms with Gasteiger partial charge in [-0.15, -0.1) is 0 Å². The number of amidine groups is 1. The van der Waals surface area contributed by atoms with Gasteiger partial charge in [0.1, 0.15) is 0 Å². The van der Waals surface area contributed by atoms with Crippen LogP contribution in [0.5, 0.6) is 0 Å². The van der Waals surface area contributed by atoms with Crippen molar-refractivity contribution in [1.82, 2.24) is 26.1 Å². The number of hydrogen-bond acceptors (Lipinski definition) is 7. The van der Waals surface area contributed by atoms with E-state index < -0.39 is 17.7 Å². The predicted octanol–water partition coefficient (Wildman–Crippen LogP) is 1.47. The zero-order valence-corrected chi connectivity index (χ0v) is 17.7. The maximum atomic E-state index is 12.8. The lowest BCUT2D eigenvalue weighted by Gasteiger charge is -2.22. The van der Waals surface area contributed by atoms with Crippen molar-refractivity contribution in [1.29, 1.82) is 5.41 Å². The maximum absolute atomic E-state index is 12.8. The summed E-state index contributed by atoms with van der Waals surface area (Å²) >= 11 is 0. The van der Waals surface area contributed by atoms with E-state index in [2.05, 4.69) is 27.7 Å². The second-order valence-electron chi connectivity index (χ2n) is 7.50. The minimum absolute atomic E-state index is 0.0662. The smallest absolute Gasteiger partial charge is 0.276 e. The Bertz CT molecular complexity index is 875. The first-order valence-electron chi connectivity index (χ1n) is 9.59. The third kappa shape index (κ3) is 5.85. The van der Waals surface area contributed by atoms with Gasteiger partial charge < -0.3 is 10.6 Å². The second-order valence-corrected chi connectivity index (χ2v) is 7.50. The third-order valence-corrected chi connectivity index (χ3v) is 4.70. The second kappa shape index (κ2) is 10.1. The molecule has 2 aliphatic heterocycles. The van der Waals surface area contributed by atoms with E-state index >= 15 is 0 Å². The number of likely N-dealkylation sites (tertiary alicyclic amines) is 1. The summed E-state index contributed by atoms with van der Waals surface area (Å²) in [7, 11) is 1.59. The zero-order valence-electron chi connectivity index (χ0n) is 17.7. The molecule has 31 heavy (non-hydrogen) atoms. The average Bonchev–Trinajstić information content (AvgIpc) is 3.29. The molecular weight excluding hydrogens is 408 g/mol. The molecule has 0 radical (unpaired) electrons. The molecule has 2 amide bonds. The molecule has 0 aromatic heterocycles. The van der Waals surface area contributed by atoms with Gasteiger partial charge in [-0.2, -0.15) is 5.10 Å². The van der Waals surface area contributed by atoms with Gasteiger partial charge >= 0.3 is 0 Å². The van der Waals surface area contributed by atoms with Gasteiger partial charge in [0.05, 0.1) is 5.70 Å². The molecule has 2 heterocycles. The molecule has 9 nitrogen and oxygen atoms in total. The molecule has 0 aromatic carbocycles. The highest BCUT2D eigenvalue weighted by molar-refractivity contribution is 6.44. The highest BCUT2D eigenvalue weighted by atomic mass is 19.3. The van der Waals surface area contributed by atoms with Crippen LogP contribution in [0.2, 0.25) is 0 Å². The SMILES string of the molecule is C=C/C=C\C(=N/N1C=C(C(F)F)CN1)C(=O)N/C(=C/NC)C(=N)N1CCC(C)(C)C1=O. The van der Waals surface area contributed by atoms with Gasteiger partial charge in [-0.05, 0) is 12.5 Å². The molecule has 1 saturated heterocycles. The third-order valence-electron chi connectivity index (χ3n) is 4.70. The Morgan fingerprint density at radius 2 is 2.16 bits per heavy atom. The van der Waals surface area contributed by atoms with E-state index in [-0.39, 0.29) is 35.3 Å². The van der Waals surface area contributed by atoms with Crippen molar-refractivity contribution in [3.8, 4) is 0 Å². The van der Waals surface area contributed by atoms with Crippen molar-refractivity contribution in [3.05, 3.63) is 48.5 Å². The maximum Gasteiger partial charge on any atom is 0.276 e. The minimum Gasteiger partial charge on any atom is -0.392 e. The van der Waals surface area contributed by atoms with Gasteiger partial charge in [-0.3, -0.25) is 19.9 Å². The van der Waals surface area contributed by atoms with Crippen molar-refractivity contribution in [2.24, 2.45) is 10.5 Å². The lowest BCUT2D eigenvalue weighted by Crippen LogP contribution is -2.43. The van der Waals surface area contributed by atoms with E-state index in [0.29, 0.717) is 13.0 Å². The van der Waals surface area contributed by atoms with Crippen LogP contribution in [-0.4, -0.2) is 59.9 Å². The number of nitrogens with zero attached hydrogens (tertiary/aromatic N) is 3. The molecular formula is C20H27F2N7O2. The average molecular weight is 435 g/mol. The summed E-state index contributed by atoms with van der Waals surface area (Å²) < 4.78 is 25.7. The highest BCUT2D eigenvalue weighted by Gasteiger charge is 2.41. The molecule has 168 valence electrons. The van der Waals surface area contributed by atoms with Crippen molar-refractivity contribution in [3.63, 3.8) is 0 Å². The first kappa shape index (κ1) is 23.9. The Morgan fingerprint density at radius 1 is 1.45 bits per heavy atom. The number of hydrazone groups is 1. The molecule has 0 aliphatic carbocycles. The van der Waals surface area contributed by atoms with Crippen LogP contribution < -0.4 is 16.1 Å². The number of amides is 2. The lowest BCUT2D eigenvalue weighted by molar-refractivity contribution is -0.131. The molecule has 2 rings (SSSR count). The summed E-state index contributed by atoms with van der Waals surface area (Å²) in [5.41, 5.74) is 1.82. The number of allylic oxidation sites excluding steroid dienone is 2. The number of hydrazine groups is 1. The fourth-order valence-corrected chi connectivity index (χ4v) is 2.87. The summed E-state index contributed by atoms with van der Waals surface area (Å²) in [6.45, 7) is 7.41. The number of rotatable bonds is 8. The summed E-state index contributed by atoms with van der Waals surface area (Å²) in [6.07, 6.45) is 4.69. The van der Waals surface area contributed by atoms with Crippen LogP contribution >= 0.6 is 0 Å². The summed E-state index contributed by atoms with van der Waals surface area (Å²) in [5, 5.41) is 18.8. The van der Waals surface area contributed by atoms with E-state index in [9.17, 15) is 18.4 Å².